The molecule has 0 spiro atoms. The lowest BCUT2D eigenvalue weighted by Gasteiger charge is -2.57. The van der Waals surface area contributed by atoms with E-state index in [4.69, 9.17) is 10.00 Å². The third kappa shape index (κ3) is 3.44. The molecule has 4 saturated carbocycles. The van der Waals surface area contributed by atoms with Gasteiger partial charge in [-0.2, -0.15) is 5.26 Å². The second kappa shape index (κ2) is 7.07. The van der Waals surface area contributed by atoms with Crippen molar-refractivity contribution in [2.75, 3.05) is 18.4 Å². The van der Waals surface area contributed by atoms with Crippen LogP contribution in [-0.2, 0) is 4.74 Å². The number of aliphatic hydroxyl groups is 1. The molecule has 8 heteroatoms. The Balaban J connectivity index is 1.07. The Hall–Kier alpha value is -2.37. The molecule has 1 aliphatic heterocycles. The molecule has 5 aliphatic rings. The fraction of sp³-hybridized carbons (Fsp3) is 0.609. The van der Waals surface area contributed by atoms with E-state index in [1.807, 2.05) is 12.1 Å². The van der Waals surface area contributed by atoms with E-state index in [1.165, 1.54) is 11.3 Å². The van der Waals surface area contributed by atoms with Gasteiger partial charge in [-0.25, -0.2) is 9.78 Å². The summed E-state index contributed by atoms with van der Waals surface area (Å²) in [6, 6.07) is 7.81. The van der Waals surface area contributed by atoms with Crippen LogP contribution in [0.5, 0.6) is 0 Å². The number of nitriles is 1. The van der Waals surface area contributed by atoms with Crippen molar-refractivity contribution >= 4 is 32.8 Å². The van der Waals surface area contributed by atoms with Crippen LogP contribution in [0.25, 0.3) is 10.2 Å². The normalized spacial score (nSPS) is 36.0. The lowest BCUT2D eigenvalue weighted by molar-refractivity contribution is -0.177. The van der Waals surface area contributed by atoms with Crippen LogP contribution in [0.15, 0.2) is 18.2 Å². The first kappa shape index (κ1) is 19.3. The van der Waals surface area contributed by atoms with Gasteiger partial charge in [-0.05, 0) is 74.5 Å². The quantitative estimate of drug-likeness (QED) is 0.758. The van der Waals surface area contributed by atoms with Gasteiger partial charge in [0.25, 0.3) is 0 Å². The van der Waals surface area contributed by atoms with Crippen molar-refractivity contribution in [1.29, 1.82) is 5.26 Å². The number of hydrogen-bond donors (Lipinski definition) is 2. The summed E-state index contributed by atoms with van der Waals surface area (Å²) in [7, 11) is 0. The van der Waals surface area contributed by atoms with Crippen LogP contribution in [0.3, 0.4) is 0 Å². The van der Waals surface area contributed by atoms with Gasteiger partial charge in [0.15, 0.2) is 5.13 Å². The van der Waals surface area contributed by atoms with E-state index in [0.717, 1.165) is 53.9 Å². The van der Waals surface area contributed by atoms with E-state index in [2.05, 4.69) is 16.4 Å². The first-order valence-corrected chi connectivity index (χ1v) is 12.0. The lowest BCUT2D eigenvalue weighted by Crippen LogP contribution is -2.58. The number of aromatic nitrogens is 1. The van der Waals surface area contributed by atoms with Crippen LogP contribution in [0.4, 0.5) is 9.93 Å². The van der Waals surface area contributed by atoms with E-state index < -0.39 is 5.60 Å². The Morgan fingerprint density at radius 2 is 2.13 bits per heavy atom. The number of benzene rings is 1. The topological polar surface area (TPSA) is 98.5 Å². The number of rotatable bonds is 3. The summed E-state index contributed by atoms with van der Waals surface area (Å²) >= 11 is 1.54. The highest BCUT2D eigenvalue weighted by Gasteiger charge is 2.56. The predicted molar refractivity (Wildman–Crippen MR) is 117 cm³/mol. The zero-order chi connectivity index (χ0) is 21.2. The molecule has 0 radical (unpaired) electrons. The number of thiazole rings is 1. The van der Waals surface area contributed by atoms with Gasteiger partial charge in [-0.3, -0.25) is 0 Å². The highest BCUT2D eigenvalue weighted by molar-refractivity contribution is 7.22. The van der Waals surface area contributed by atoms with E-state index in [1.54, 1.807) is 11.0 Å². The summed E-state index contributed by atoms with van der Waals surface area (Å²) in [6.45, 7) is 1.28. The Labute approximate surface area is 185 Å². The smallest absolute Gasteiger partial charge is 0.410 e. The number of carbonyl (C=O) groups is 1. The van der Waals surface area contributed by atoms with Crippen molar-refractivity contribution < 1.29 is 14.6 Å². The molecule has 2 aromatic rings. The van der Waals surface area contributed by atoms with Gasteiger partial charge >= 0.3 is 6.09 Å². The first-order chi connectivity index (χ1) is 15.0. The van der Waals surface area contributed by atoms with Crippen molar-refractivity contribution in [3.8, 4) is 6.07 Å². The number of nitrogens with zero attached hydrogens (tertiary/aromatic N) is 3. The standard InChI is InChI=1S/C23H26N4O3S/c24-11-13-1-2-18-19(7-13)31-21(26-18)25-17-3-4-27(12-17)22(28)30-20-15-5-14-6-16(20)10-23(29,8-14)9-15/h1-2,7,14-17,20,29H,3-6,8-10,12H2,(H,25,26)/t14?,15-,16?,17+,20?,23?/m0/s1. The zero-order valence-corrected chi connectivity index (χ0v) is 18.1. The summed E-state index contributed by atoms with van der Waals surface area (Å²) in [6.07, 6.45) is 5.29. The summed E-state index contributed by atoms with van der Waals surface area (Å²) in [5.74, 6) is 1.24. The van der Waals surface area contributed by atoms with Gasteiger partial charge in [0.2, 0.25) is 0 Å². The Morgan fingerprint density at radius 3 is 2.87 bits per heavy atom. The van der Waals surface area contributed by atoms with Gasteiger partial charge in [-0.1, -0.05) is 11.3 Å². The zero-order valence-electron chi connectivity index (χ0n) is 17.3. The number of likely N-dealkylation sites (tertiary alicyclic amines) is 1. The van der Waals surface area contributed by atoms with E-state index >= 15 is 0 Å². The van der Waals surface area contributed by atoms with Gasteiger partial charge in [-0.15, -0.1) is 0 Å². The number of nitrogens with one attached hydrogen (secondary N) is 1. The fourth-order valence-electron chi connectivity index (χ4n) is 6.59. The molecule has 162 valence electrons. The summed E-state index contributed by atoms with van der Waals surface area (Å²) in [5.41, 5.74) is 1.01. The van der Waals surface area contributed by atoms with Gasteiger partial charge in [0, 0.05) is 19.1 Å². The van der Waals surface area contributed by atoms with Crippen LogP contribution in [0.1, 0.15) is 44.1 Å². The fourth-order valence-corrected chi connectivity index (χ4v) is 7.57. The average Bonchev–Trinajstić information content (AvgIpc) is 3.35. The van der Waals surface area contributed by atoms with Crippen LogP contribution in [0, 0.1) is 29.1 Å². The maximum atomic E-state index is 12.9. The molecule has 1 saturated heterocycles. The molecular formula is C23H26N4O3S. The third-order valence-electron chi connectivity index (χ3n) is 7.68. The van der Waals surface area contributed by atoms with E-state index in [-0.39, 0.29) is 18.2 Å². The molecule has 6 atom stereocenters. The summed E-state index contributed by atoms with van der Waals surface area (Å²) in [4.78, 5) is 19.3. The van der Waals surface area contributed by atoms with Crippen LogP contribution in [0.2, 0.25) is 0 Å². The minimum absolute atomic E-state index is 0.0325. The monoisotopic (exact) mass is 438 g/mol. The number of fused-ring (bicyclic) bond motifs is 1. The number of hydrogen-bond acceptors (Lipinski definition) is 7. The SMILES string of the molecule is N#Cc1ccc2nc(N[C@@H]3CCN(C(=O)OC4C5CC6C[C@H]4CC(O)(C6)C5)C3)sc2c1. The molecule has 7 nitrogen and oxygen atoms in total. The van der Waals surface area contributed by atoms with Crippen molar-refractivity contribution in [1.82, 2.24) is 9.88 Å². The average molecular weight is 439 g/mol. The van der Waals surface area contributed by atoms with Crippen LogP contribution in [-0.4, -0.2) is 51.9 Å². The molecule has 2 heterocycles. The van der Waals surface area contributed by atoms with Crippen molar-refractivity contribution in [2.24, 2.45) is 17.8 Å². The Morgan fingerprint density at radius 1 is 1.32 bits per heavy atom. The molecule has 1 aromatic heterocycles. The first-order valence-electron chi connectivity index (χ1n) is 11.2. The summed E-state index contributed by atoms with van der Waals surface area (Å²) < 4.78 is 7.02. The van der Waals surface area contributed by atoms with E-state index in [0.29, 0.717) is 36.4 Å². The molecular weight excluding hydrogens is 412 g/mol. The number of carbonyl (C=O) groups excluding carboxylic acids is 1. The molecule has 1 aromatic carbocycles. The maximum Gasteiger partial charge on any atom is 0.410 e. The van der Waals surface area contributed by atoms with Crippen molar-refractivity contribution in [3.05, 3.63) is 23.8 Å². The lowest BCUT2D eigenvalue weighted by atomic mass is 9.53. The minimum Gasteiger partial charge on any atom is -0.446 e. The van der Waals surface area contributed by atoms with Crippen LogP contribution >= 0.6 is 11.3 Å². The predicted octanol–water partition coefficient (Wildman–Crippen LogP) is 3.73. The highest BCUT2D eigenvalue weighted by atomic mass is 32.1. The third-order valence-corrected chi connectivity index (χ3v) is 8.63. The molecule has 4 bridgehead atoms. The number of anilines is 1. The van der Waals surface area contributed by atoms with Crippen molar-refractivity contribution in [3.63, 3.8) is 0 Å². The second-order valence-corrected chi connectivity index (χ2v) is 11.0. The highest BCUT2D eigenvalue weighted by Crippen LogP contribution is 2.56. The van der Waals surface area contributed by atoms with Gasteiger partial charge in [0.05, 0.1) is 27.5 Å². The molecule has 5 fully saturated rings. The Kier molecular flexibility index (Phi) is 4.41. The summed E-state index contributed by atoms with van der Waals surface area (Å²) in [5, 5.41) is 24.1. The molecule has 7 rings (SSSR count). The second-order valence-electron chi connectivity index (χ2n) is 9.93. The van der Waals surface area contributed by atoms with E-state index in [9.17, 15) is 9.90 Å². The number of ether oxygens (including phenoxy) is 1. The number of amides is 1. The molecule has 4 unspecified atom stereocenters. The van der Waals surface area contributed by atoms with Gasteiger partial charge < -0.3 is 20.1 Å². The van der Waals surface area contributed by atoms with Gasteiger partial charge in [0.1, 0.15) is 6.10 Å². The molecule has 4 aliphatic carbocycles. The largest absolute Gasteiger partial charge is 0.446 e. The Bertz CT molecular complexity index is 1060. The van der Waals surface area contributed by atoms with Crippen LogP contribution < -0.4 is 5.32 Å². The van der Waals surface area contributed by atoms with Crippen molar-refractivity contribution in [2.45, 2.75) is 56.3 Å². The molecule has 1 amide bonds. The minimum atomic E-state index is -0.507. The molecule has 31 heavy (non-hydrogen) atoms. The molecule has 2 N–H and O–H groups in total. The maximum absolute atomic E-state index is 12.9.